The van der Waals surface area contributed by atoms with Gasteiger partial charge in [0.05, 0.1) is 11.9 Å². The second-order valence-corrected chi connectivity index (χ2v) is 5.57. The maximum absolute atomic E-state index is 11.4. The highest BCUT2D eigenvalue weighted by atomic mass is 16.1. The smallest absolute Gasteiger partial charge is 0.241 e. The van der Waals surface area contributed by atoms with Gasteiger partial charge in [0.1, 0.15) is 12.4 Å². The first kappa shape index (κ1) is 15.0. The van der Waals surface area contributed by atoms with E-state index in [0.717, 1.165) is 17.1 Å². The molecule has 1 amide bonds. The van der Waals surface area contributed by atoms with Gasteiger partial charge in [-0.15, -0.1) is 0 Å². The van der Waals surface area contributed by atoms with Gasteiger partial charge in [0.2, 0.25) is 5.91 Å². The van der Waals surface area contributed by atoms with Crippen LogP contribution in [0.3, 0.4) is 0 Å². The lowest BCUT2D eigenvalue weighted by molar-refractivity contribution is -0.121. The fourth-order valence-corrected chi connectivity index (χ4v) is 2.62. The van der Waals surface area contributed by atoms with Gasteiger partial charge in [0, 0.05) is 31.2 Å². The van der Waals surface area contributed by atoms with Gasteiger partial charge >= 0.3 is 0 Å². The monoisotopic (exact) mass is 309 g/mol. The van der Waals surface area contributed by atoms with Crippen LogP contribution in [-0.2, 0) is 11.3 Å². The molecular formula is C17H19N5O. The predicted molar refractivity (Wildman–Crippen MR) is 88.3 cm³/mol. The molecule has 118 valence electrons. The molecule has 3 rings (SSSR count). The van der Waals surface area contributed by atoms with Crippen LogP contribution in [0.5, 0.6) is 0 Å². The molecule has 1 aromatic carbocycles. The largest absolute Gasteiger partial charge is 0.358 e. The Labute approximate surface area is 134 Å². The Hall–Kier alpha value is -2.89. The van der Waals surface area contributed by atoms with Crippen LogP contribution in [-0.4, -0.2) is 32.3 Å². The number of nitrogens with one attached hydrogen (secondary N) is 1. The molecule has 6 nitrogen and oxygen atoms in total. The summed E-state index contributed by atoms with van der Waals surface area (Å²) in [5, 5.41) is 6.83. The first-order valence-electron chi connectivity index (χ1n) is 7.42. The van der Waals surface area contributed by atoms with Crippen molar-refractivity contribution in [2.45, 2.75) is 20.4 Å². The number of carbonyl (C=O) groups excluding carboxylic acids is 1. The third-order valence-electron chi connectivity index (χ3n) is 3.60. The van der Waals surface area contributed by atoms with E-state index >= 15 is 0 Å². The summed E-state index contributed by atoms with van der Waals surface area (Å²) in [6.45, 7) is 4.35. The molecular weight excluding hydrogens is 290 g/mol. The Bertz CT molecular complexity index is 826. The molecule has 0 saturated heterocycles. The van der Waals surface area contributed by atoms with Crippen LogP contribution in [0.4, 0.5) is 0 Å². The van der Waals surface area contributed by atoms with Crippen molar-refractivity contribution >= 4 is 5.91 Å². The van der Waals surface area contributed by atoms with Crippen LogP contribution in [0.2, 0.25) is 0 Å². The number of likely N-dealkylation sites (N-methyl/N-ethyl adjacent to an activating group) is 1. The fourth-order valence-electron chi connectivity index (χ4n) is 2.62. The fraction of sp³-hybridized carbons (Fsp3) is 0.235. The van der Waals surface area contributed by atoms with Crippen molar-refractivity contribution in [2.24, 2.45) is 0 Å². The maximum Gasteiger partial charge on any atom is 0.241 e. The van der Waals surface area contributed by atoms with Crippen LogP contribution in [0, 0.1) is 13.8 Å². The van der Waals surface area contributed by atoms with E-state index in [1.165, 1.54) is 11.1 Å². The summed E-state index contributed by atoms with van der Waals surface area (Å²) in [5.41, 5.74) is 4.34. The Kier molecular flexibility index (Phi) is 3.97. The highest BCUT2D eigenvalue weighted by Gasteiger charge is 2.11. The Morgan fingerprint density at radius 3 is 2.65 bits per heavy atom. The average molecular weight is 309 g/mol. The van der Waals surface area contributed by atoms with Gasteiger partial charge in [-0.05, 0) is 26.0 Å². The molecule has 6 heteroatoms. The zero-order valence-electron chi connectivity index (χ0n) is 13.4. The minimum atomic E-state index is -0.0835. The van der Waals surface area contributed by atoms with Gasteiger partial charge in [0.25, 0.3) is 0 Å². The number of hydrogen-bond acceptors (Lipinski definition) is 3. The van der Waals surface area contributed by atoms with E-state index in [9.17, 15) is 4.79 Å². The summed E-state index contributed by atoms with van der Waals surface area (Å²) in [6.07, 6.45) is 7.23. The second kappa shape index (κ2) is 6.08. The van der Waals surface area contributed by atoms with Crippen LogP contribution < -0.4 is 5.32 Å². The Morgan fingerprint density at radius 2 is 1.96 bits per heavy atom. The minimum Gasteiger partial charge on any atom is -0.358 e. The van der Waals surface area contributed by atoms with Crippen molar-refractivity contribution < 1.29 is 4.79 Å². The molecule has 0 fully saturated rings. The van der Waals surface area contributed by atoms with E-state index in [2.05, 4.69) is 47.4 Å². The van der Waals surface area contributed by atoms with Crippen molar-refractivity contribution in [3.63, 3.8) is 0 Å². The van der Waals surface area contributed by atoms with Gasteiger partial charge in [-0.1, -0.05) is 17.2 Å². The predicted octanol–water partition coefficient (Wildman–Crippen LogP) is 2.10. The molecule has 0 aliphatic heterocycles. The number of aromatic nitrogens is 4. The molecule has 2 heterocycles. The van der Waals surface area contributed by atoms with Crippen LogP contribution in [0.1, 0.15) is 11.1 Å². The second-order valence-electron chi connectivity index (χ2n) is 5.57. The number of carbonyl (C=O) groups is 1. The standard InChI is InChI=1S/C17H19N5O/c1-12-6-13(2)8-14(7-12)17-19-4-5-22(17)15-9-20-21(10-15)11-16(23)18-3/h4-10H,11H2,1-3H3,(H,18,23). The number of aryl methyl sites for hydroxylation is 2. The van der Waals surface area contributed by atoms with Gasteiger partial charge in [-0.2, -0.15) is 5.10 Å². The van der Waals surface area contributed by atoms with Crippen molar-refractivity contribution in [1.82, 2.24) is 24.6 Å². The number of amides is 1. The first-order valence-corrected chi connectivity index (χ1v) is 7.42. The van der Waals surface area contributed by atoms with E-state index < -0.39 is 0 Å². The normalized spacial score (nSPS) is 10.7. The molecule has 0 spiro atoms. The van der Waals surface area contributed by atoms with E-state index in [4.69, 9.17) is 0 Å². The zero-order chi connectivity index (χ0) is 16.4. The third kappa shape index (κ3) is 3.15. The molecule has 23 heavy (non-hydrogen) atoms. The SMILES string of the molecule is CNC(=O)Cn1cc(-n2ccnc2-c2cc(C)cc(C)c2)cn1. The average Bonchev–Trinajstić information content (AvgIpc) is 3.14. The maximum atomic E-state index is 11.4. The molecule has 0 unspecified atom stereocenters. The quantitative estimate of drug-likeness (QED) is 0.802. The van der Waals surface area contributed by atoms with Crippen molar-refractivity contribution in [1.29, 1.82) is 0 Å². The van der Waals surface area contributed by atoms with Crippen molar-refractivity contribution in [3.05, 3.63) is 54.1 Å². The minimum absolute atomic E-state index is 0.0835. The molecule has 0 aliphatic carbocycles. The number of benzene rings is 1. The van der Waals surface area contributed by atoms with Gasteiger partial charge in [-0.3, -0.25) is 14.0 Å². The van der Waals surface area contributed by atoms with Gasteiger partial charge in [-0.25, -0.2) is 4.98 Å². The lowest BCUT2D eigenvalue weighted by Crippen LogP contribution is -2.23. The zero-order valence-corrected chi connectivity index (χ0v) is 13.4. The lowest BCUT2D eigenvalue weighted by atomic mass is 10.1. The highest BCUT2D eigenvalue weighted by molar-refractivity contribution is 5.75. The van der Waals surface area contributed by atoms with Crippen molar-refractivity contribution in [2.75, 3.05) is 7.05 Å². The highest BCUT2D eigenvalue weighted by Crippen LogP contribution is 2.23. The van der Waals surface area contributed by atoms with E-state index in [1.807, 2.05) is 17.0 Å². The summed E-state index contributed by atoms with van der Waals surface area (Å²) >= 11 is 0. The van der Waals surface area contributed by atoms with E-state index in [0.29, 0.717) is 0 Å². The van der Waals surface area contributed by atoms with Gasteiger partial charge in [0.15, 0.2) is 0 Å². The molecule has 0 aliphatic rings. The Morgan fingerprint density at radius 1 is 1.22 bits per heavy atom. The molecule has 3 aromatic rings. The van der Waals surface area contributed by atoms with Crippen LogP contribution in [0.15, 0.2) is 43.0 Å². The molecule has 0 atom stereocenters. The Balaban J connectivity index is 1.96. The van der Waals surface area contributed by atoms with Crippen molar-refractivity contribution in [3.8, 4) is 17.1 Å². The molecule has 0 bridgehead atoms. The number of hydrogen-bond donors (Lipinski definition) is 1. The van der Waals surface area contributed by atoms with Crippen LogP contribution >= 0.6 is 0 Å². The summed E-state index contributed by atoms with van der Waals surface area (Å²) in [4.78, 5) is 15.9. The summed E-state index contributed by atoms with van der Waals surface area (Å²) in [6, 6.07) is 6.36. The number of nitrogens with zero attached hydrogens (tertiary/aromatic N) is 4. The summed E-state index contributed by atoms with van der Waals surface area (Å²) in [5.74, 6) is 0.774. The van der Waals surface area contributed by atoms with E-state index in [1.54, 1.807) is 24.1 Å². The first-order chi connectivity index (χ1) is 11.1. The van der Waals surface area contributed by atoms with Crippen LogP contribution in [0.25, 0.3) is 17.1 Å². The number of imidazole rings is 1. The molecule has 2 aromatic heterocycles. The van der Waals surface area contributed by atoms with E-state index in [-0.39, 0.29) is 12.5 Å². The molecule has 0 saturated carbocycles. The molecule has 0 radical (unpaired) electrons. The topological polar surface area (TPSA) is 64.7 Å². The van der Waals surface area contributed by atoms with Gasteiger partial charge < -0.3 is 5.32 Å². The lowest BCUT2D eigenvalue weighted by Gasteiger charge is -2.07. The molecule has 1 N–H and O–H groups in total. The summed E-state index contributed by atoms with van der Waals surface area (Å²) in [7, 11) is 1.61. The third-order valence-corrected chi connectivity index (χ3v) is 3.60. The summed E-state index contributed by atoms with van der Waals surface area (Å²) < 4.78 is 3.58. The number of rotatable bonds is 4.